The molecule has 1 heterocycles. The molecule has 1 aliphatic carbocycles. The standard InChI is InChI=1S/C8H13N3O/c1-12-8-7(9)5-11(10-8)6-3-2-4-6/h5-6H,2-4,9H2,1H3. The van der Waals surface area contributed by atoms with E-state index in [1.807, 2.05) is 10.9 Å². The second-order valence-electron chi connectivity index (χ2n) is 3.16. The van der Waals surface area contributed by atoms with E-state index in [9.17, 15) is 0 Å². The molecule has 1 saturated carbocycles. The summed E-state index contributed by atoms with van der Waals surface area (Å²) in [7, 11) is 1.59. The number of aromatic nitrogens is 2. The zero-order valence-corrected chi connectivity index (χ0v) is 7.16. The van der Waals surface area contributed by atoms with Crippen molar-refractivity contribution >= 4 is 5.69 Å². The molecule has 4 heteroatoms. The van der Waals surface area contributed by atoms with Crippen molar-refractivity contribution in [3.05, 3.63) is 6.20 Å². The first-order valence-electron chi connectivity index (χ1n) is 4.20. The topological polar surface area (TPSA) is 53.1 Å². The van der Waals surface area contributed by atoms with Gasteiger partial charge in [0.25, 0.3) is 5.88 Å². The summed E-state index contributed by atoms with van der Waals surface area (Å²) in [6.45, 7) is 0. The van der Waals surface area contributed by atoms with Crippen LogP contribution in [0.3, 0.4) is 0 Å². The van der Waals surface area contributed by atoms with Gasteiger partial charge in [0.05, 0.1) is 19.3 Å². The lowest BCUT2D eigenvalue weighted by Gasteiger charge is -2.25. The fraction of sp³-hybridized carbons (Fsp3) is 0.625. The van der Waals surface area contributed by atoms with Gasteiger partial charge >= 0.3 is 0 Å². The van der Waals surface area contributed by atoms with Crippen molar-refractivity contribution in [1.29, 1.82) is 0 Å². The summed E-state index contributed by atoms with van der Waals surface area (Å²) in [5.41, 5.74) is 6.29. The van der Waals surface area contributed by atoms with Gasteiger partial charge in [0.1, 0.15) is 5.69 Å². The van der Waals surface area contributed by atoms with Crippen LogP contribution in [0.15, 0.2) is 6.20 Å². The zero-order chi connectivity index (χ0) is 8.55. The largest absolute Gasteiger partial charge is 0.478 e. The molecule has 1 aromatic heterocycles. The summed E-state index contributed by atoms with van der Waals surface area (Å²) in [4.78, 5) is 0. The number of hydrogen-bond donors (Lipinski definition) is 1. The lowest BCUT2D eigenvalue weighted by Crippen LogP contribution is -2.17. The van der Waals surface area contributed by atoms with Crippen molar-refractivity contribution in [3.63, 3.8) is 0 Å². The predicted octanol–water partition coefficient (Wildman–Crippen LogP) is 1.20. The second-order valence-corrected chi connectivity index (χ2v) is 3.16. The van der Waals surface area contributed by atoms with Gasteiger partial charge in [-0.15, -0.1) is 5.10 Å². The minimum Gasteiger partial charge on any atom is -0.478 e. The van der Waals surface area contributed by atoms with Gasteiger partial charge in [-0.1, -0.05) is 0 Å². The average Bonchev–Trinajstić information content (AvgIpc) is 2.27. The number of methoxy groups -OCH3 is 1. The molecular formula is C8H13N3O. The van der Waals surface area contributed by atoms with Crippen LogP contribution >= 0.6 is 0 Å². The minimum absolute atomic E-state index is 0.543. The molecular weight excluding hydrogens is 154 g/mol. The first kappa shape index (κ1) is 7.46. The van der Waals surface area contributed by atoms with E-state index >= 15 is 0 Å². The number of nitrogens with zero attached hydrogens (tertiary/aromatic N) is 2. The number of ether oxygens (including phenoxy) is 1. The van der Waals surface area contributed by atoms with Crippen LogP contribution in [0.25, 0.3) is 0 Å². The average molecular weight is 167 g/mol. The Labute approximate surface area is 71.3 Å². The Kier molecular flexibility index (Phi) is 1.67. The summed E-state index contributed by atoms with van der Waals surface area (Å²) < 4.78 is 6.90. The highest BCUT2D eigenvalue weighted by atomic mass is 16.5. The maximum Gasteiger partial charge on any atom is 0.256 e. The van der Waals surface area contributed by atoms with Crippen LogP contribution in [0.5, 0.6) is 5.88 Å². The van der Waals surface area contributed by atoms with E-state index < -0.39 is 0 Å². The third kappa shape index (κ3) is 1.03. The van der Waals surface area contributed by atoms with Crippen LogP contribution < -0.4 is 10.5 Å². The molecule has 0 aromatic carbocycles. The molecule has 1 fully saturated rings. The Morgan fingerprint density at radius 1 is 1.67 bits per heavy atom. The second kappa shape index (κ2) is 2.69. The summed E-state index contributed by atoms with van der Waals surface area (Å²) in [5, 5.41) is 4.22. The van der Waals surface area contributed by atoms with Crippen LogP contribution in [0, 0.1) is 0 Å². The molecule has 0 saturated heterocycles. The highest BCUT2D eigenvalue weighted by Gasteiger charge is 2.21. The van der Waals surface area contributed by atoms with E-state index in [1.54, 1.807) is 7.11 Å². The molecule has 4 nitrogen and oxygen atoms in total. The monoisotopic (exact) mass is 167 g/mol. The SMILES string of the molecule is COc1nn(C2CCC2)cc1N. The van der Waals surface area contributed by atoms with E-state index in [1.165, 1.54) is 19.3 Å². The minimum atomic E-state index is 0.543. The predicted molar refractivity (Wildman–Crippen MR) is 46.1 cm³/mol. The Hall–Kier alpha value is -1.19. The van der Waals surface area contributed by atoms with Crippen molar-refractivity contribution < 1.29 is 4.74 Å². The highest BCUT2D eigenvalue weighted by Crippen LogP contribution is 2.33. The molecule has 0 aliphatic heterocycles. The van der Waals surface area contributed by atoms with E-state index in [-0.39, 0.29) is 0 Å². The third-order valence-corrected chi connectivity index (χ3v) is 2.37. The van der Waals surface area contributed by atoms with Crippen molar-refractivity contribution in [2.24, 2.45) is 0 Å². The van der Waals surface area contributed by atoms with Gasteiger partial charge in [-0.05, 0) is 19.3 Å². The molecule has 0 atom stereocenters. The fourth-order valence-corrected chi connectivity index (χ4v) is 1.39. The van der Waals surface area contributed by atoms with Crippen molar-refractivity contribution in [1.82, 2.24) is 9.78 Å². The van der Waals surface area contributed by atoms with E-state index in [0.717, 1.165) is 0 Å². The summed E-state index contributed by atoms with van der Waals surface area (Å²) >= 11 is 0. The lowest BCUT2D eigenvalue weighted by atomic mass is 9.93. The Morgan fingerprint density at radius 2 is 2.42 bits per heavy atom. The van der Waals surface area contributed by atoms with Gasteiger partial charge in [-0.25, -0.2) is 0 Å². The van der Waals surface area contributed by atoms with Crippen LogP contribution in [-0.4, -0.2) is 16.9 Å². The molecule has 1 aromatic rings. The van der Waals surface area contributed by atoms with Gasteiger partial charge in [0, 0.05) is 0 Å². The molecule has 2 rings (SSSR count). The van der Waals surface area contributed by atoms with Crippen LogP contribution in [0.1, 0.15) is 25.3 Å². The molecule has 2 N–H and O–H groups in total. The molecule has 1 aliphatic rings. The van der Waals surface area contributed by atoms with Crippen molar-refractivity contribution in [2.45, 2.75) is 25.3 Å². The lowest BCUT2D eigenvalue weighted by molar-refractivity contribution is 0.280. The van der Waals surface area contributed by atoms with Crippen LogP contribution in [0.4, 0.5) is 5.69 Å². The van der Waals surface area contributed by atoms with Gasteiger partial charge in [-0.2, -0.15) is 0 Å². The maximum absolute atomic E-state index is 5.66. The number of hydrogen-bond acceptors (Lipinski definition) is 3. The van der Waals surface area contributed by atoms with E-state index in [0.29, 0.717) is 17.6 Å². The Morgan fingerprint density at radius 3 is 2.83 bits per heavy atom. The normalized spacial score (nSPS) is 17.4. The quantitative estimate of drug-likeness (QED) is 0.720. The van der Waals surface area contributed by atoms with Crippen LogP contribution in [0.2, 0.25) is 0 Å². The highest BCUT2D eigenvalue weighted by molar-refractivity contribution is 5.45. The number of anilines is 1. The van der Waals surface area contributed by atoms with Gasteiger partial charge in [-0.3, -0.25) is 4.68 Å². The summed E-state index contributed by atoms with van der Waals surface area (Å²) in [5.74, 6) is 0.543. The van der Waals surface area contributed by atoms with E-state index in [2.05, 4.69) is 5.10 Å². The molecule has 0 unspecified atom stereocenters. The Bertz CT molecular complexity index is 278. The smallest absolute Gasteiger partial charge is 0.256 e. The van der Waals surface area contributed by atoms with Crippen molar-refractivity contribution in [3.8, 4) is 5.88 Å². The van der Waals surface area contributed by atoms with Crippen LogP contribution in [-0.2, 0) is 0 Å². The maximum atomic E-state index is 5.66. The molecule has 0 radical (unpaired) electrons. The first-order chi connectivity index (χ1) is 5.81. The van der Waals surface area contributed by atoms with Gasteiger partial charge in [0.2, 0.25) is 0 Å². The zero-order valence-electron chi connectivity index (χ0n) is 7.16. The first-order valence-corrected chi connectivity index (χ1v) is 4.20. The molecule has 0 spiro atoms. The van der Waals surface area contributed by atoms with E-state index in [4.69, 9.17) is 10.5 Å². The molecule has 0 bridgehead atoms. The summed E-state index contributed by atoms with van der Waals surface area (Å²) in [6, 6.07) is 0.552. The number of nitrogens with two attached hydrogens (primary N) is 1. The molecule has 0 amide bonds. The summed E-state index contributed by atoms with van der Waals surface area (Å²) in [6.07, 6.45) is 5.57. The number of nitrogen functional groups attached to an aromatic ring is 1. The Balaban J connectivity index is 2.21. The van der Waals surface area contributed by atoms with Gasteiger partial charge in [0.15, 0.2) is 0 Å². The fourth-order valence-electron chi connectivity index (χ4n) is 1.39. The molecule has 66 valence electrons. The van der Waals surface area contributed by atoms with Crippen molar-refractivity contribution in [2.75, 3.05) is 12.8 Å². The molecule has 12 heavy (non-hydrogen) atoms. The van der Waals surface area contributed by atoms with Gasteiger partial charge < -0.3 is 10.5 Å². The third-order valence-electron chi connectivity index (χ3n) is 2.37. The number of rotatable bonds is 2.